The van der Waals surface area contributed by atoms with Crippen molar-refractivity contribution < 1.29 is 0 Å². The van der Waals surface area contributed by atoms with Crippen molar-refractivity contribution in [2.45, 2.75) is 0 Å². The minimum absolute atomic E-state index is 1.15. The lowest BCUT2D eigenvalue weighted by Gasteiger charge is -2.34. The van der Waals surface area contributed by atoms with Crippen LogP contribution in [-0.2, 0) is 0 Å². The number of aromatic nitrogens is 1. The third-order valence-corrected chi connectivity index (χ3v) is 10.6. The van der Waals surface area contributed by atoms with Gasteiger partial charge in [-0.25, -0.2) is 0 Å². The van der Waals surface area contributed by atoms with E-state index in [0.717, 1.165) is 5.56 Å². The average Bonchev–Trinajstić information content (AvgIpc) is 2.87. The summed E-state index contributed by atoms with van der Waals surface area (Å²) in [5, 5.41) is 5.37. The van der Waals surface area contributed by atoms with Crippen molar-refractivity contribution >= 4 is 28.8 Å². The minimum atomic E-state index is -2.53. The first-order valence-corrected chi connectivity index (χ1v) is 12.6. The van der Waals surface area contributed by atoms with Gasteiger partial charge < -0.3 is 0 Å². The first-order valence-electron chi connectivity index (χ1n) is 10.6. The van der Waals surface area contributed by atoms with Gasteiger partial charge in [-0.05, 0) is 31.9 Å². The van der Waals surface area contributed by atoms with E-state index in [1.807, 2.05) is 6.20 Å². The standard InChI is InChI=1S/C29H23NSi/c1-5-13-24(14-6-1)25-21-29(23-30-22-25)31(26-15-7-2-8-16-26,27-17-9-3-10-18-27)28-19-11-4-12-20-28/h1-23H. The highest BCUT2D eigenvalue weighted by Gasteiger charge is 2.41. The molecule has 0 radical (unpaired) electrons. The Hall–Kier alpha value is -3.75. The summed E-state index contributed by atoms with van der Waals surface area (Å²) in [4.78, 5) is 4.74. The maximum absolute atomic E-state index is 4.74. The summed E-state index contributed by atoms with van der Waals surface area (Å²) in [6, 6.07) is 45.7. The number of benzene rings is 4. The average molecular weight is 414 g/mol. The largest absolute Gasteiger partial charge is 0.264 e. The molecule has 0 fully saturated rings. The zero-order valence-corrected chi connectivity index (χ0v) is 18.2. The molecule has 1 aromatic heterocycles. The SMILES string of the molecule is c1ccc(-c2cncc([Si](c3ccccc3)(c3ccccc3)c3ccccc3)c2)cc1. The fourth-order valence-corrected chi connectivity index (χ4v) is 9.22. The summed E-state index contributed by atoms with van der Waals surface area (Å²) in [5.74, 6) is 0. The van der Waals surface area contributed by atoms with Crippen molar-refractivity contribution in [3.05, 3.63) is 140 Å². The van der Waals surface area contributed by atoms with Crippen LogP contribution >= 0.6 is 0 Å². The van der Waals surface area contributed by atoms with Crippen LogP contribution in [0.15, 0.2) is 140 Å². The zero-order valence-electron chi connectivity index (χ0n) is 17.2. The summed E-state index contributed by atoms with van der Waals surface area (Å²) in [5.41, 5.74) is 2.34. The molecule has 1 heterocycles. The molecule has 0 atom stereocenters. The Morgan fingerprint density at radius 1 is 0.387 bits per heavy atom. The zero-order chi connectivity index (χ0) is 20.9. The maximum Gasteiger partial charge on any atom is 0.181 e. The molecule has 148 valence electrons. The van der Waals surface area contributed by atoms with Crippen LogP contribution in [0.3, 0.4) is 0 Å². The second-order valence-electron chi connectivity index (χ2n) is 7.68. The van der Waals surface area contributed by atoms with Gasteiger partial charge in [-0.15, -0.1) is 0 Å². The van der Waals surface area contributed by atoms with Crippen molar-refractivity contribution in [2.75, 3.05) is 0 Å². The molecular weight excluding hydrogens is 390 g/mol. The van der Waals surface area contributed by atoms with Crippen molar-refractivity contribution in [3.8, 4) is 11.1 Å². The predicted octanol–water partition coefficient (Wildman–Crippen LogP) is 4.13. The third-order valence-electron chi connectivity index (χ3n) is 5.90. The Bertz CT molecular complexity index is 1160. The lowest BCUT2D eigenvalue weighted by molar-refractivity contribution is 1.34. The second kappa shape index (κ2) is 8.55. The molecule has 0 saturated heterocycles. The summed E-state index contributed by atoms with van der Waals surface area (Å²) in [7, 11) is -2.53. The smallest absolute Gasteiger partial charge is 0.181 e. The molecule has 0 amide bonds. The van der Waals surface area contributed by atoms with E-state index < -0.39 is 8.07 Å². The monoisotopic (exact) mass is 413 g/mol. The summed E-state index contributed by atoms with van der Waals surface area (Å²) < 4.78 is 0. The minimum Gasteiger partial charge on any atom is -0.264 e. The van der Waals surface area contributed by atoms with Crippen LogP contribution in [0.4, 0.5) is 0 Å². The highest BCUT2D eigenvalue weighted by Crippen LogP contribution is 2.18. The topological polar surface area (TPSA) is 12.9 Å². The quantitative estimate of drug-likeness (QED) is 0.312. The number of hydrogen-bond donors (Lipinski definition) is 0. The van der Waals surface area contributed by atoms with Crippen molar-refractivity contribution in [1.82, 2.24) is 4.98 Å². The van der Waals surface area contributed by atoms with Gasteiger partial charge in [0, 0.05) is 12.4 Å². The third kappa shape index (κ3) is 3.52. The fourth-order valence-electron chi connectivity index (χ4n) is 4.50. The molecule has 1 nitrogen and oxygen atoms in total. The molecule has 0 unspecified atom stereocenters. The summed E-state index contributed by atoms with van der Waals surface area (Å²) >= 11 is 0. The van der Waals surface area contributed by atoms with Crippen LogP contribution in [0.5, 0.6) is 0 Å². The Balaban J connectivity index is 1.85. The van der Waals surface area contributed by atoms with Crippen LogP contribution in [0, 0.1) is 0 Å². The fraction of sp³-hybridized carbons (Fsp3) is 0. The molecule has 5 aromatic rings. The van der Waals surface area contributed by atoms with Crippen LogP contribution in [0.1, 0.15) is 0 Å². The van der Waals surface area contributed by atoms with Gasteiger partial charge >= 0.3 is 0 Å². The van der Waals surface area contributed by atoms with E-state index in [1.54, 1.807) is 0 Å². The van der Waals surface area contributed by atoms with Crippen LogP contribution in [0.2, 0.25) is 0 Å². The predicted molar refractivity (Wildman–Crippen MR) is 133 cm³/mol. The van der Waals surface area contributed by atoms with Gasteiger partial charge in [0.25, 0.3) is 0 Å². The van der Waals surface area contributed by atoms with Gasteiger partial charge in [0.05, 0.1) is 0 Å². The molecule has 0 saturated carbocycles. The molecule has 0 N–H and O–H groups in total. The molecule has 31 heavy (non-hydrogen) atoms. The molecular formula is C29H23NSi. The van der Waals surface area contributed by atoms with Gasteiger partial charge in [0.2, 0.25) is 0 Å². The van der Waals surface area contributed by atoms with Crippen molar-refractivity contribution in [2.24, 2.45) is 0 Å². The van der Waals surface area contributed by atoms with Crippen LogP contribution < -0.4 is 20.7 Å². The van der Waals surface area contributed by atoms with E-state index in [4.69, 9.17) is 4.98 Å². The van der Waals surface area contributed by atoms with Crippen molar-refractivity contribution in [3.63, 3.8) is 0 Å². The maximum atomic E-state index is 4.74. The van der Waals surface area contributed by atoms with E-state index in [2.05, 4.69) is 134 Å². The van der Waals surface area contributed by atoms with E-state index in [-0.39, 0.29) is 0 Å². The second-order valence-corrected chi connectivity index (χ2v) is 11.5. The van der Waals surface area contributed by atoms with Crippen LogP contribution in [-0.4, -0.2) is 13.1 Å². The lowest BCUT2D eigenvalue weighted by Crippen LogP contribution is -2.74. The number of hydrogen-bond acceptors (Lipinski definition) is 1. The lowest BCUT2D eigenvalue weighted by atomic mass is 10.1. The molecule has 5 rings (SSSR count). The molecule has 0 bridgehead atoms. The number of nitrogens with zero attached hydrogens (tertiary/aromatic N) is 1. The van der Waals surface area contributed by atoms with Gasteiger partial charge in [-0.1, -0.05) is 127 Å². The Kier molecular flexibility index (Phi) is 5.30. The molecule has 0 spiro atoms. The van der Waals surface area contributed by atoms with Crippen LogP contribution in [0.25, 0.3) is 11.1 Å². The first-order chi connectivity index (χ1) is 15.4. The normalized spacial score (nSPS) is 11.2. The number of pyridine rings is 1. The Morgan fingerprint density at radius 2 is 0.806 bits per heavy atom. The molecule has 0 aliphatic carbocycles. The van der Waals surface area contributed by atoms with E-state index >= 15 is 0 Å². The Labute approximate surface area is 184 Å². The molecule has 0 aliphatic heterocycles. The molecule has 0 aliphatic rings. The highest BCUT2D eigenvalue weighted by molar-refractivity contribution is 7.19. The molecule has 2 heteroatoms. The Morgan fingerprint density at radius 3 is 1.26 bits per heavy atom. The van der Waals surface area contributed by atoms with E-state index in [0.29, 0.717) is 0 Å². The molecule has 4 aromatic carbocycles. The number of rotatable bonds is 5. The van der Waals surface area contributed by atoms with Crippen molar-refractivity contribution in [1.29, 1.82) is 0 Å². The first kappa shape index (κ1) is 19.2. The van der Waals surface area contributed by atoms with Gasteiger partial charge in [-0.2, -0.15) is 0 Å². The highest BCUT2D eigenvalue weighted by atomic mass is 28.3. The van der Waals surface area contributed by atoms with Gasteiger partial charge in [0.1, 0.15) is 0 Å². The van der Waals surface area contributed by atoms with Gasteiger partial charge in [-0.3, -0.25) is 4.98 Å². The van der Waals surface area contributed by atoms with Gasteiger partial charge in [0.15, 0.2) is 8.07 Å². The van der Waals surface area contributed by atoms with E-state index in [1.165, 1.54) is 26.3 Å². The summed E-state index contributed by atoms with van der Waals surface area (Å²) in [6.45, 7) is 0. The summed E-state index contributed by atoms with van der Waals surface area (Å²) in [6.07, 6.45) is 4.05. The van der Waals surface area contributed by atoms with E-state index in [9.17, 15) is 0 Å².